The van der Waals surface area contributed by atoms with Gasteiger partial charge in [0.2, 0.25) is 0 Å². The van der Waals surface area contributed by atoms with E-state index in [1.165, 1.54) is 59.4 Å². The summed E-state index contributed by atoms with van der Waals surface area (Å²) < 4.78 is 1.96. The van der Waals surface area contributed by atoms with Crippen LogP contribution in [0.15, 0.2) is 18.3 Å². The van der Waals surface area contributed by atoms with Gasteiger partial charge in [-0.1, -0.05) is 24.6 Å². The normalized spacial score (nSPS) is 20.6. The third-order valence-corrected chi connectivity index (χ3v) is 6.41. The number of aliphatic hydroxyl groups is 1. The van der Waals surface area contributed by atoms with E-state index in [4.69, 9.17) is 0 Å². The molecule has 28 heavy (non-hydrogen) atoms. The van der Waals surface area contributed by atoms with Crippen LogP contribution >= 0.6 is 0 Å². The first kappa shape index (κ1) is 19.6. The largest absolute Gasteiger partial charge is 0.394 e. The molecule has 0 unspecified atom stereocenters. The second-order valence-electron chi connectivity index (χ2n) is 8.90. The number of aliphatic hydroxyl groups excluding tert-OH is 1. The molecule has 0 bridgehead atoms. The van der Waals surface area contributed by atoms with Gasteiger partial charge in [0.15, 0.2) is 0 Å². The highest BCUT2D eigenvalue weighted by atomic mass is 16.3. The molecular formula is C23H34N4O. The molecule has 1 fully saturated rings. The molecule has 1 N–H and O–H groups in total. The Morgan fingerprint density at radius 1 is 1.11 bits per heavy atom. The van der Waals surface area contributed by atoms with Crippen molar-refractivity contribution in [2.24, 2.45) is 5.92 Å². The third-order valence-electron chi connectivity index (χ3n) is 6.41. The van der Waals surface area contributed by atoms with Gasteiger partial charge in [-0.15, -0.1) is 0 Å². The van der Waals surface area contributed by atoms with Gasteiger partial charge in [0, 0.05) is 38.3 Å². The van der Waals surface area contributed by atoms with E-state index in [-0.39, 0.29) is 6.61 Å². The third kappa shape index (κ3) is 4.17. The number of aromatic nitrogens is 2. The van der Waals surface area contributed by atoms with Crippen LogP contribution in [0.2, 0.25) is 0 Å². The summed E-state index contributed by atoms with van der Waals surface area (Å²) in [6.07, 6.45) is 4.67. The average molecular weight is 383 g/mol. The quantitative estimate of drug-likeness (QED) is 0.833. The van der Waals surface area contributed by atoms with Gasteiger partial charge < -0.3 is 5.11 Å². The molecule has 1 aromatic carbocycles. The number of nitrogens with zero attached hydrogens (tertiary/aromatic N) is 4. The van der Waals surface area contributed by atoms with Crippen molar-refractivity contribution in [1.82, 2.24) is 19.6 Å². The summed E-state index contributed by atoms with van der Waals surface area (Å²) in [6.45, 7) is 14.0. The maximum Gasteiger partial charge on any atom is 0.0644 e. The van der Waals surface area contributed by atoms with E-state index >= 15 is 0 Å². The van der Waals surface area contributed by atoms with Gasteiger partial charge in [0.1, 0.15) is 0 Å². The fourth-order valence-corrected chi connectivity index (χ4v) is 4.93. The second-order valence-corrected chi connectivity index (χ2v) is 8.90. The number of fused-ring (bicyclic) bond motifs is 1. The van der Waals surface area contributed by atoms with E-state index in [1.54, 1.807) is 0 Å². The molecule has 2 aliphatic rings. The van der Waals surface area contributed by atoms with Crippen molar-refractivity contribution < 1.29 is 5.11 Å². The average Bonchev–Trinajstić information content (AvgIpc) is 3.21. The fourth-order valence-electron chi connectivity index (χ4n) is 4.93. The smallest absolute Gasteiger partial charge is 0.0644 e. The predicted molar refractivity (Wildman–Crippen MR) is 112 cm³/mol. The minimum atomic E-state index is 0.142. The van der Waals surface area contributed by atoms with Gasteiger partial charge in [0.05, 0.1) is 25.0 Å². The van der Waals surface area contributed by atoms with Crippen LogP contribution in [0.4, 0.5) is 0 Å². The molecule has 3 heterocycles. The lowest BCUT2D eigenvalue weighted by molar-refractivity contribution is 0.176. The van der Waals surface area contributed by atoms with Gasteiger partial charge in [-0.3, -0.25) is 14.5 Å². The van der Waals surface area contributed by atoms with Crippen molar-refractivity contribution >= 4 is 0 Å². The number of rotatable bonds is 6. The maximum absolute atomic E-state index is 9.24. The van der Waals surface area contributed by atoms with Gasteiger partial charge in [-0.25, -0.2) is 0 Å². The first-order chi connectivity index (χ1) is 13.5. The minimum absolute atomic E-state index is 0.142. The molecular weight excluding hydrogens is 348 g/mol. The number of aryl methyl sites for hydroxylation is 1. The SMILES string of the molecule is Cc1cc(CN2Cc3cnn(CCO)c3C2)c(C)c(CN2CCC[C@@H](C)C2)c1. The topological polar surface area (TPSA) is 44.5 Å². The zero-order chi connectivity index (χ0) is 19.7. The summed E-state index contributed by atoms with van der Waals surface area (Å²) in [6, 6.07) is 4.75. The number of piperidine rings is 1. The van der Waals surface area contributed by atoms with Gasteiger partial charge in [0.25, 0.3) is 0 Å². The Kier molecular flexibility index (Phi) is 5.85. The van der Waals surface area contributed by atoms with Crippen LogP contribution in [0.3, 0.4) is 0 Å². The Morgan fingerprint density at radius 3 is 2.57 bits per heavy atom. The molecule has 1 saturated heterocycles. The predicted octanol–water partition coefficient (Wildman–Crippen LogP) is 3.24. The zero-order valence-electron chi connectivity index (χ0n) is 17.6. The highest BCUT2D eigenvalue weighted by Gasteiger charge is 2.24. The summed E-state index contributed by atoms with van der Waals surface area (Å²) >= 11 is 0. The molecule has 2 aliphatic heterocycles. The number of hydrogen-bond donors (Lipinski definition) is 1. The molecule has 0 radical (unpaired) electrons. The standard InChI is InChI=1S/C23H34N4O/c1-17-5-4-6-25(12-17)13-20-9-18(2)10-21(19(20)3)14-26-15-22-11-24-27(7-8-28)23(22)16-26/h9-11,17,28H,4-8,12-16H2,1-3H3/t17-/m1/s1. The van der Waals surface area contributed by atoms with Crippen molar-refractivity contribution in [3.05, 3.63) is 51.8 Å². The Balaban J connectivity index is 1.47. The van der Waals surface area contributed by atoms with Crippen molar-refractivity contribution in [2.75, 3.05) is 19.7 Å². The first-order valence-corrected chi connectivity index (χ1v) is 10.7. The van der Waals surface area contributed by atoms with Crippen molar-refractivity contribution in [3.63, 3.8) is 0 Å². The summed E-state index contributed by atoms with van der Waals surface area (Å²) in [5.41, 5.74) is 8.34. The summed E-state index contributed by atoms with van der Waals surface area (Å²) in [5.74, 6) is 0.819. The highest BCUT2D eigenvalue weighted by molar-refractivity contribution is 5.38. The molecule has 1 aromatic heterocycles. The molecule has 0 spiro atoms. The minimum Gasteiger partial charge on any atom is -0.394 e. The molecule has 0 amide bonds. The lowest BCUT2D eigenvalue weighted by Crippen LogP contribution is -2.34. The van der Waals surface area contributed by atoms with Crippen molar-refractivity contribution in [1.29, 1.82) is 0 Å². The van der Waals surface area contributed by atoms with Crippen LogP contribution in [0, 0.1) is 19.8 Å². The van der Waals surface area contributed by atoms with E-state index in [0.717, 1.165) is 32.1 Å². The Bertz CT molecular complexity index is 828. The first-order valence-electron chi connectivity index (χ1n) is 10.7. The monoisotopic (exact) mass is 382 g/mol. The number of hydrogen-bond acceptors (Lipinski definition) is 4. The Labute approximate surface area is 169 Å². The van der Waals surface area contributed by atoms with Gasteiger partial charge in [-0.05, 0) is 55.8 Å². The molecule has 0 aliphatic carbocycles. The van der Waals surface area contributed by atoms with E-state index in [0.29, 0.717) is 6.54 Å². The molecule has 0 saturated carbocycles. The molecule has 5 heteroatoms. The molecule has 2 aromatic rings. The highest BCUT2D eigenvalue weighted by Crippen LogP contribution is 2.27. The van der Waals surface area contributed by atoms with Crippen LogP contribution < -0.4 is 0 Å². The number of likely N-dealkylation sites (tertiary alicyclic amines) is 1. The Hall–Kier alpha value is -1.69. The van der Waals surface area contributed by atoms with Crippen LogP contribution in [-0.4, -0.2) is 44.4 Å². The van der Waals surface area contributed by atoms with Crippen LogP contribution in [0.25, 0.3) is 0 Å². The van der Waals surface area contributed by atoms with E-state index < -0.39 is 0 Å². The van der Waals surface area contributed by atoms with Gasteiger partial charge >= 0.3 is 0 Å². The van der Waals surface area contributed by atoms with Crippen LogP contribution in [0.1, 0.15) is 53.3 Å². The fraction of sp³-hybridized carbons (Fsp3) is 0.609. The molecule has 152 valence electrons. The number of benzene rings is 1. The Morgan fingerprint density at radius 2 is 1.86 bits per heavy atom. The van der Waals surface area contributed by atoms with E-state index in [1.807, 2.05) is 10.9 Å². The summed E-state index contributed by atoms with van der Waals surface area (Å²) in [7, 11) is 0. The van der Waals surface area contributed by atoms with E-state index in [2.05, 4.69) is 47.8 Å². The van der Waals surface area contributed by atoms with Crippen LogP contribution in [-0.2, 0) is 32.7 Å². The van der Waals surface area contributed by atoms with Gasteiger partial charge in [-0.2, -0.15) is 5.10 Å². The molecule has 4 rings (SSSR count). The lowest BCUT2D eigenvalue weighted by atomic mass is 9.96. The second kappa shape index (κ2) is 8.36. The van der Waals surface area contributed by atoms with Crippen LogP contribution in [0.5, 0.6) is 0 Å². The zero-order valence-corrected chi connectivity index (χ0v) is 17.6. The van der Waals surface area contributed by atoms with E-state index in [9.17, 15) is 5.11 Å². The summed E-state index contributed by atoms with van der Waals surface area (Å²) in [5, 5.41) is 13.7. The summed E-state index contributed by atoms with van der Waals surface area (Å²) in [4.78, 5) is 5.13. The molecule has 5 nitrogen and oxygen atoms in total. The maximum atomic E-state index is 9.24. The molecule has 1 atom stereocenters. The van der Waals surface area contributed by atoms with Crippen molar-refractivity contribution in [3.8, 4) is 0 Å². The van der Waals surface area contributed by atoms with Crippen molar-refractivity contribution in [2.45, 2.75) is 66.3 Å². The lowest BCUT2D eigenvalue weighted by Gasteiger charge is -2.31.